The summed E-state index contributed by atoms with van der Waals surface area (Å²) in [6, 6.07) is 12.9. The molecule has 1 unspecified atom stereocenters. The van der Waals surface area contributed by atoms with Gasteiger partial charge < -0.3 is 20.1 Å². The predicted molar refractivity (Wildman–Crippen MR) is 96.1 cm³/mol. The molecule has 0 aromatic heterocycles. The van der Waals surface area contributed by atoms with Crippen molar-refractivity contribution in [2.75, 3.05) is 11.9 Å². The molecule has 1 atom stereocenters. The van der Waals surface area contributed by atoms with Gasteiger partial charge in [-0.05, 0) is 50.2 Å². The van der Waals surface area contributed by atoms with Gasteiger partial charge in [0.05, 0.1) is 17.9 Å². The minimum absolute atomic E-state index is 0.255. The lowest BCUT2D eigenvalue weighted by atomic mass is 10.2. The van der Waals surface area contributed by atoms with E-state index in [1.165, 1.54) is 0 Å². The standard InChI is InChI=1S/C18H19ClN2O4/c1-3-24-17(22)15-6-4-5-7-16(15)21-18(23)20-12(2)25-14-10-8-13(19)9-11-14/h4-12H,3H2,1-2H3,(H2,20,21,23). The second kappa shape index (κ2) is 8.94. The lowest BCUT2D eigenvalue weighted by Crippen LogP contribution is -2.39. The largest absolute Gasteiger partial charge is 0.471 e. The van der Waals surface area contributed by atoms with Gasteiger partial charge in [-0.2, -0.15) is 0 Å². The summed E-state index contributed by atoms with van der Waals surface area (Å²) in [6.45, 7) is 3.66. The first-order valence-electron chi connectivity index (χ1n) is 7.75. The van der Waals surface area contributed by atoms with Crippen molar-refractivity contribution < 1.29 is 19.1 Å². The van der Waals surface area contributed by atoms with Gasteiger partial charge in [0.1, 0.15) is 5.75 Å². The van der Waals surface area contributed by atoms with E-state index < -0.39 is 18.2 Å². The number of hydrogen-bond donors (Lipinski definition) is 2. The number of ether oxygens (including phenoxy) is 2. The summed E-state index contributed by atoms with van der Waals surface area (Å²) in [5.74, 6) is 0.0768. The van der Waals surface area contributed by atoms with Crippen LogP contribution in [0.15, 0.2) is 48.5 Å². The van der Waals surface area contributed by atoms with Gasteiger partial charge >= 0.3 is 12.0 Å². The van der Waals surface area contributed by atoms with Crippen LogP contribution in [0.25, 0.3) is 0 Å². The van der Waals surface area contributed by atoms with E-state index in [0.717, 1.165) is 0 Å². The Kier molecular flexibility index (Phi) is 6.65. The number of halogens is 1. The third-order valence-corrected chi connectivity index (χ3v) is 3.38. The van der Waals surface area contributed by atoms with Crippen molar-refractivity contribution in [3.8, 4) is 5.75 Å². The number of carbonyl (C=O) groups excluding carboxylic acids is 2. The van der Waals surface area contributed by atoms with Crippen LogP contribution in [-0.2, 0) is 4.74 Å². The number of benzene rings is 2. The van der Waals surface area contributed by atoms with Crippen LogP contribution in [0.4, 0.5) is 10.5 Å². The SMILES string of the molecule is CCOC(=O)c1ccccc1NC(=O)NC(C)Oc1ccc(Cl)cc1. The lowest BCUT2D eigenvalue weighted by molar-refractivity contribution is 0.0527. The van der Waals surface area contributed by atoms with E-state index in [-0.39, 0.29) is 12.2 Å². The van der Waals surface area contributed by atoms with Crippen molar-refractivity contribution in [3.05, 3.63) is 59.1 Å². The third-order valence-electron chi connectivity index (χ3n) is 3.13. The molecule has 2 aromatic rings. The quantitative estimate of drug-likeness (QED) is 0.600. The molecule has 25 heavy (non-hydrogen) atoms. The van der Waals surface area contributed by atoms with Gasteiger partial charge in [-0.3, -0.25) is 0 Å². The van der Waals surface area contributed by atoms with Crippen molar-refractivity contribution in [1.29, 1.82) is 0 Å². The van der Waals surface area contributed by atoms with Gasteiger partial charge in [-0.15, -0.1) is 0 Å². The van der Waals surface area contributed by atoms with Crippen LogP contribution in [0.3, 0.4) is 0 Å². The predicted octanol–water partition coefficient (Wildman–Crippen LogP) is 4.06. The van der Waals surface area contributed by atoms with Crippen LogP contribution in [0.1, 0.15) is 24.2 Å². The second-order valence-corrected chi connectivity index (χ2v) is 5.51. The van der Waals surface area contributed by atoms with E-state index in [2.05, 4.69) is 10.6 Å². The average Bonchev–Trinajstić information content (AvgIpc) is 2.57. The number of carbonyl (C=O) groups is 2. The lowest BCUT2D eigenvalue weighted by Gasteiger charge is -2.17. The van der Waals surface area contributed by atoms with E-state index in [4.69, 9.17) is 21.1 Å². The number of amides is 2. The molecule has 0 spiro atoms. The molecule has 0 bridgehead atoms. The third kappa shape index (κ3) is 5.69. The summed E-state index contributed by atoms with van der Waals surface area (Å²) < 4.78 is 10.5. The van der Waals surface area contributed by atoms with E-state index in [1.807, 2.05) is 0 Å². The van der Waals surface area contributed by atoms with Gasteiger partial charge in [0, 0.05) is 5.02 Å². The summed E-state index contributed by atoms with van der Waals surface area (Å²) in [5.41, 5.74) is 0.642. The summed E-state index contributed by atoms with van der Waals surface area (Å²) in [6.07, 6.45) is -0.587. The van der Waals surface area contributed by atoms with Crippen molar-refractivity contribution in [3.63, 3.8) is 0 Å². The first kappa shape index (κ1) is 18.6. The molecule has 0 radical (unpaired) electrons. The summed E-state index contributed by atoms with van der Waals surface area (Å²) in [7, 11) is 0. The Hall–Kier alpha value is -2.73. The number of para-hydroxylation sites is 1. The molecule has 2 aromatic carbocycles. The van der Waals surface area contributed by atoms with Gasteiger partial charge in [0.15, 0.2) is 6.23 Å². The van der Waals surface area contributed by atoms with E-state index in [9.17, 15) is 9.59 Å². The second-order valence-electron chi connectivity index (χ2n) is 5.08. The van der Waals surface area contributed by atoms with Crippen molar-refractivity contribution in [2.24, 2.45) is 0 Å². The van der Waals surface area contributed by atoms with Crippen LogP contribution in [0.5, 0.6) is 5.75 Å². The van der Waals surface area contributed by atoms with Crippen molar-refractivity contribution in [2.45, 2.75) is 20.1 Å². The maximum absolute atomic E-state index is 12.1. The zero-order valence-corrected chi connectivity index (χ0v) is 14.7. The van der Waals surface area contributed by atoms with Gasteiger partial charge in [-0.1, -0.05) is 23.7 Å². The molecule has 0 fully saturated rings. The first-order chi connectivity index (χ1) is 12.0. The Bertz CT molecular complexity index is 734. The molecule has 2 amide bonds. The Morgan fingerprint density at radius 1 is 1.12 bits per heavy atom. The maximum atomic E-state index is 12.1. The van der Waals surface area contributed by atoms with Gasteiger partial charge in [0.25, 0.3) is 0 Å². The van der Waals surface area contributed by atoms with Crippen LogP contribution >= 0.6 is 11.6 Å². The Morgan fingerprint density at radius 3 is 2.48 bits per heavy atom. The highest BCUT2D eigenvalue weighted by Crippen LogP contribution is 2.17. The fraction of sp³-hybridized carbons (Fsp3) is 0.222. The fourth-order valence-corrected chi connectivity index (χ4v) is 2.19. The van der Waals surface area contributed by atoms with Crippen LogP contribution in [0.2, 0.25) is 5.02 Å². The number of nitrogens with one attached hydrogen (secondary N) is 2. The minimum Gasteiger partial charge on any atom is -0.471 e. The summed E-state index contributed by atoms with van der Waals surface area (Å²) >= 11 is 5.81. The highest BCUT2D eigenvalue weighted by Gasteiger charge is 2.15. The molecular weight excluding hydrogens is 344 g/mol. The van der Waals surface area contributed by atoms with E-state index >= 15 is 0 Å². The van der Waals surface area contributed by atoms with E-state index in [1.54, 1.807) is 62.4 Å². The molecule has 0 aliphatic carbocycles. The van der Waals surface area contributed by atoms with Crippen LogP contribution in [-0.4, -0.2) is 24.8 Å². The highest BCUT2D eigenvalue weighted by atomic mass is 35.5. The molecule has 2 N–H and O–H groups in total. The number of rotatable bonds is 6. The zero-order chi connectivity index (χ0) is 18.2. The molecule has 7 heteroatoms. The van der Waals surface area contributed by atoms with E-state index in [0.29, 0.717) is 16.5 Å². The fourth-order valence-electron chi connectivity index (χ4n) is 2.07. The summed E-state index contributed by atoms with van der Waals surface area (Å²) in [4.78, 5) is 24.0. The Morgan fingerprint density at radius 2 is 1.80 bits per heavy atom. The highest BCUT2D eigenvalue weighted by molar-refractivity contribution is 6.30. The number of anilines is 1. The molecule has 6 nitrogen and oxygen atoms in total. The van der Waals surface area contributed by atoms with Crippen molar-refractivity contribution in [1.82, 2.24) is 5.32 Å². The monoisotopic (exact) mass is 362 g/mol. The molecule has 0 saturated carbocycles. The van der Waals surface area contributed by atoms with Gasteiger partial charge in [-0.25, -0.2) is 9.59 Å². The zero-order valence-electron chi connectivity index (χ0n) is 13.9. The van der Waals surface area contributed by atoms with Crippen LogP contribution in [0, 0.1) is 0 Å². The normalized spacial score (nSPS) is 11.3. The molecule has 132 valence electrons. The summed E-state index contributed by atoms with van der Waals surface area (Å²) in [5, 5.41) is 5.85. The molecular formula is C18H19ClN2O4. The molecule has 0 saturated heterocycles. The maximum Gasteiger partial charge on any atom is 0.340 e. The average molecular weight is 363 g/mol. The number of hydrogen-bond acceptors (Lipinski definition) is 4. The molecule has 0 heterocycles. The molecule has 0 aliphatic rings. The van der Waals surface area contributed by atoms with Crippen molar-refractivity contribution >= 4 is 29.3 Å². The van der Waals surface area contributed by atoms with Gasteiger partial charge in [0.2, 0.25) is 0 Å². The smallest absolute Gasteiger partial charge is 0.340 e. The topological polar surface area (TPSA) is 76.7 Å². The minimum atomic E-state index is -0.587. The molecule has 2 rings (SSSR count). The number of esters is 1. The van der Waals surface area contributed by atoms with Crippen LogP contribution < -0.4 is 15.4 Å². The first-order valence-corrected chi connectivity index (χ1v) is 8.13. The Labute approximate surface area is 151 Å². The Balaban J connectivity index is 1.95. The molecule has 0 aliphatic heterocycles. The number of urea groups is 1.